The first-order valence-electron chi connectivity index (χ1n) is 12.3. The monoisotopic (exact) mass is 475 g/mol. The molecule has 0 atom stereocenters. The van der Waals surface area contributed by atoms with Gasteiger partial charge < -0.3 is 4.98 Å². The van der Waals surface area contributed by atoms with Crippen molar-refractivity contribution in [1.82, 2.24) is 4.98 Å². The van der Waals surface area contributed by atoms with Crippen molar-refractivity contribution in [3.63, 3.8) is 0 Å². The number of rotatable bonds is 2. The molecular weight excluding hydrogens is 454 g/mol. The Kier molecular flexibility index (Phi) is 4.16. The minimum absolute atomic E-state index is 1.18. The maximum Gasteiger partial charge on any atom is 0.0471 e. The average Bonchev–Trinajstić information content (AvgIpc) is 3.51. The van der Waals surface area contributed by atoms with Gasteiger partial charge in [0, 0.05) is 42.0 Å². The summed E-state index contributed by atoms with van der Waals surface area (Å²) < 4.78 is 2.70. The highest BCUT2D eigenvalue weighted by Gasteiger charge is 2.12. The third-order valence-electron chi connectivity index (χ3n) is 7.40. The van der Waals surface area contributed by atoms with Gasteiger partial charge in [-0.2, -0.15) is 0 Å². The third kappa shape index (κ3) is 2.89. The van der Waals surface area contributed by atoms with E-state index in [2.05, 4.69) is 126 Å². The Labute approximate surface area is 212 Å². The van der Waals surface area contributed by atoms with E-state index in [9.17, 15) is 0 Å². The standard InChI is InChI=1S/C34H21NS/c1-2-10-25-21(7-1)15-18-31-33(25)29-20-23(16-17-30(29)35-31)22-8-5-9-24(19-22)26-12-6-13-28-27-11-3-4-14-32(27)36-34(26)28/h1-20,35H. The van der Waals surface area contributed by atoms with Crippen LogP contribution in [0.25, 0.3) is 75.0 Å². The highest BCUT2D eigenvalue weighted by molar-refractivity contribution is 7.26. The molecule has 0 bridgehead atoms. The smallest absolute Gasteiger partial charge is 0.0471 e. The lowest BCUT2D eigenvalue weighted by Crippen LogP contribution is -1.82. The summed E-state index contributed by atoms with van der Waals surface area (Å²) in [6, 6.07) is 44.2. The summed E-state index contributed by atoms with van der Waals surface area (Å²) in [4.78, 5) is 3.62. The first kappa shape index (κ1) is 19.9. The molecule has 2 aromatic heterocycles. The van der Waals surface area contributed by atoms with Crippen molar-refractivity contribution in [2.75, 3.05) is 0 Å². The first-order chi connectivity index (χ1) is 17.8. The van der Waals surface area contributed by atoms with E-state index in [1.165, 1.54) is 75.0 Å². The van der Waals surface area contributed by atoms with E-state index >= 15 is 0 Å². The predicted octanol–water partition coefficient (Wildman–Crippen LogP) is 10.2. The van der Waals surface area contributed by atoms with E-state index < -0.39 is 0 Å². The van der Waals surface area contributed by atoms with Crippen LogP contribution in [0.2, 0.25) is 0 Å². The molecule has 1 nitrogen and oxygen atoms in total. The zero-order chi connectivity index (χ0) is 23.6. The van der Waals surface area contributed by atoms with Gasteiger partial charge in [0.15, 0.2) is 0 Å². The molecule has 6 aromatic carbocycles. The molecule has 0 fully saturated rings. The quantitative estimate of drug-likeness (QED) is 0.256. The summed E-state index contributed by atoms with van der Waals surface area (Å²) in [5, 5.41) is 7.82. The zero-order valence-electron chi connectivity index (χ0n) is 19.5. The number of nitrogens with one attached hydrogen (secondary N) is 1. The Morgan fingerprint density at radius 1 is 0.472 bits per heavy atom. The maximum atomic E-state index is 3.62. The van der Waals surface area contributed by atoms with Crippen LogP contribution in [0.5, 0.6) is 0 Å². The summed E-state index contributed by atoms with van der Waals surface area (Å²) in [7, 11) is 0. The van der Waals surface area contributed by atoms with Crippen LogP contribution >= 0.6 is 11.3 Å². The number of hydrogen-bond donors (Lipinski definition) is 1. The van der Waals surface area contributed by atoms with Crippen LogP contribution in [-0.2, 0) is 0 Å². The summed E-state index contributed by atoms with van der Waals surface area (Å²) in [5.41, 5.74) is 7.40. The molecule has 2 heterocycles. The van der Waals surface area contributed by atoms with Crippen LogP contribution < -0.4 is 0 Å². The Morgan fingerprint density at radius 2 is 1.22 bits per heavy atom. The number of benzene rings is 6. The Bertz CT molecular complexity index is 2110. The minimum Gasteiger partial charge on any atom is -0.354 e. The fourth-order valence-corrected chi connectivity index (χ4v) is 6.93. The van der Waals surface area contributed by atoms with Crippen LogP contribution in [0.4, 0.5) is 0 Å². The molecule has 0 aliphatic carbocycles. The maximum absolute atomic E-state index is 3.62. The molecule has 0 unspecified atom stereocenters. The van der Waals surface area contributed by atoms with Crippen molar-refractivity contribution >= 4 is 64.1 Å². The lowest BCUT2D eigenvalue weighted by atomic mass is 9.96. The molecule has 1 N–H and O–H groups in total. The normalized spacial score (nSPS) is 11.9. The molecule has 0 saturated carbocycles. The van der Waals surface area contributed by atoms with Gasteiger partial charge >= 0.3 is 0 Å². The second-order valence-corrected chi connectivity index (χ2v) is 10.5. The van der Waals surface area contributed by atoms with Gasteiger partial charge in [-0.1, -0.05) is 91.0 Å². The molecule has 0 saturated heterocycles. The molecule has 0 spiro atoms. The topological polar surface area (TPSA) is 15.8 Å². The van der Waals surface area contributed by atoms with E-state index in [0.717, 1.165) is 0 Å². The predicted molar refractivity (Wildman–Crippen MR) is 157 cm³/mol. The molecule has 0 aliphatic heterocycles. The highest BCUT2D eigenvalue weighted by Crippen LogP contribution is 2.41. The number of aromatic nitrogens is 1. The van der Waals surface area contributed by atoms with Crippen molar-refractivity contribution in [2.45, 2.75) is 0 Å². The van der Waals surface area contributed by atoms with Crippen LogP contribution in [-0.4, -0.2) is 4.98 Å². The average molecular weight is 476 g/mol. The lowest BCUT2D eigenvalue weighted by molar-refractivity contribution is 1.55. The van der Waals surface area contributed by atoms with E-state index in [1.54, 1.807) is 0 Å². The second kappa shape index (κ2) is 7.55. The van der Waals surface area contributed by atoms with Crippen molar-refractivity contribution in [3.05, 3.63) is 121 Å². The summed E-state index contributed by atoms with van der Waals surface area (Å²) >= 11 is 1.89. The third-order valence-corrected chi connectivity index (χ3v) is 8.62. The van der Waals surface area contributed by atoms with Crippen LogP contribution in [0.1, 0.15) is 0 Å². The van der Waals surface area contributed by atoms with E-state index in [0.29, 0.717) is 0 Å². The Morgan fingerprint density at radius 3 is 2.19 bits per heavy atom. The first-order valence-corrected chi connectivity index (χ1v) is 13.1. The van der Waals surface area contributed by atoms with Crippen LogP contribution in [0.3, 0.4) is 0 Å². The molecule has 0 aliphatic rings. The van der Waals surface area contributed by atoms with Gasteiger partial charge in [0.25, 0.3) is 0 Å². The van der Waals surface area contributed by atoms with Crippen molar-refractivity contribution in [2.24, 2.45) is 0 Å². The fraction of sp³-hybridized carbons (Fsp3) is 0. The Balaban J connectivity index is 1.32. The van der Waals surface area contributed by atoms with Gasteiger partial charge in [-0.25, -0.2) is 0 Å². The second-order valence-electron chi connectivity index (χ2n) is 9.46. The highest BCUT2D eigenvalue weighted by atomic mass is 32.1. The van der Waals surface area contributed by atoms with Gasteiger partial charge in [0.1, 0.15) is 0 Å². The summed E-state index contributed by atoms with van der Waals surface area (Å²) in [6.07, 6.45) is 0. The van der Waals surface area contributed by atoms with Gasteiger partial charge in [0.05, 0.1) is 0 Å². The summed E-state index contributed by atoms with van der Waals surface area (Å²) in [6.45, 7) is 0. The molecule has 36 heavy (non-hydrogen) atoms. The molecular formula is C34H21NS. The van der Waals surface area contributed by atoms with Crippen molar-refractivity contribution < 1.29 is 0 Å². The van der Waals surface area contributed by atoms with Crippen molar-refractivity contribution in [1.29, 1.82) is 0 Å². The van der Waals surface area contributed by atoms with Gasteiger partial charge in [-0.05, 0) is 63.4 Å². The van der Waals surface area contributed by atoms with E-state index in [-0.39, 0.29) is 0 Å². The fourth-order valence-electron chi connectivity index (χ4n) is 5.69. The number of fused-ring (bicyclic) bond motifs is 8. The molecule has 2 heteroatoms. The lowest BCUT2D eigenvalue weighted by Gasteiger charge is -2.08. The number of hydrogen-bond acceptors (Lipinski definition) is 1. The largest absolute Gasteiger partial charge is 0.354 e. The number of thiophene rings is 1. The van der Waals surface area contributed by atoms with Gasteiger partial charge in [0.2, 0.25) is 0 Å². The van der Waals surface area contributed by atoms with Gasteiger partial charge in [-0.3, -0.25) is 0 Å². The van der Waals surface area contributed by atoms with E-state index in [4.69, 9.17) is 0 Å². The molecule has 0 radical (unpaired) electrons. The number of aromatic amines is 1. The molecule has 8 aromatic rings. The van der Waals surface area contributed by atoms with Crippen LogP contribution in [0, 0.1) is 0 Å². The van der Waals surface area contributed by atoms with Gasteiger partial charge in [-0.15, -0.1) is 11.3 Å². The number of H-pyrrole nitrogens is 1. The van der Waals surface area contributed by atoms with Crippen LogP contribution in [0.15, 0.2) is 121 Å². The van der Waals surface area contributed by atoms with E-state index in [1.807, 2.05) is 11.3 Å². The zero-order valence-corrected chi connectivity index (χ0v) is 20.3. The molecule has 0 amide bonds. The summed E-state index contributed by atoms with van der Waals surface area (Å²) in [5.74, 6) is 0. The van der Waals surface area contributed by atoms with Crippen molar-refractivity contribution in [3.8, 4) is 22.3 Å². The molecule has 8 rings (SSSR count). The molecule has 168 valence electrons. The SMILES string of the molecule is c1cc(-c2ccc3[nH]c4ccc5ccccc5c4c3c2)cc(-c2cccc3c2sc2ccccc23)c1. The minimum atomic E-state index is 1.18. The Hall–Kier alpha value is -4.40.